The first-order valence-electron chi connectivity index (χ1n) is 4.65. The van der Waals surface area contributed by atoms with Crippen molar-refractivity contribution in [2.45, 2.75) is 19.4 Å². The molecule has 15 heavy (non-hydrogen) atoms. The van der Waals surface area contributed by atoms with Crippen molar-refractivity contribution >= 4 is 5.91 Å². The van der Waals surface area contributed by atoms with E-state index in [0.717, 1.165) is 5.56 Å². The van der Waals surface area contributed by atoms with Gasteiger partial charge in [0.1, 0.15) is 5.75 Å². The van der Waals surface area contributed by atoms with Gasteiger partial charge in [-0.05, 0) is 24.6 Å². The first kappa shape index (κ1) is 11.1. The van der Waals surface area contributed by atoms with Crippen LogP contribution in [0.25, 0.3) is 0 Å². The third-order valence-electron chi connectivity index (χ3n) is 1.93. The molecule has 1 atom stereocenters. The van der Waals surface area contributed by atoms with Gasteiger partial charge in [0, 0.05) is 0 Å². The fourth-order valence-electron chi connectivity index (χ4n) is 1.13. The summed E-state index contributed by atoms with van der Waals surface area (Å²) in [6.45, 7) is 1.74. The van der Waals surface area contributed by atoms with Gasteiger partial charge in [0.2, 0.25) is 5.91 Å². The molecule has 0 spiro atoms. The molecular weight excluding hydrogens is 190 g/mol. The molecule has 0 aliphatic carbocycles. The lowest BCUT2D eigenvalue weighted by Crippen LogP contribution is -2.32. The molecule has 0 saturated heterocycles. The summed E-state index contributed by atoms with van der Waals surface area (Å²) < 4.78 is 0. The zero-order valence-corrected chi connectivity index (χ0v) is 8.53. The summed E-state index contributed by atoms with van der Waals surface area (Å²) in [5.41, 5.74) is 0.842. The Labute approximate surface area is 89.1 Å². The minimum absolute atomic E-state index is 0.119. The molecule has 0 heterocycles. The van der Waals surface area contributed by atoms with Gasteiger partial charge in [0.05, 0.1) is 12.5 Å². The summed E-state index contributed by atoms with van der Waals surface area (Å²) in [7, 11) is 0. The van der Waals surface area contributed by atoms with Crippen molar-refractivity contribution in [2.24, 2.45) is 0 Å². The van der Waals surface area contributed by atoms with E-state index in [1.807, 2.05) is 0 Å². The first-order valence-corrected chi connectivity index (χ1v) is 4.65. The van der Waals surface area contributed by atoms with Gasteiger partial charge in [0.15, 0.2) is 0 Å². The lowest BCUT2D eigenvalue weighted by Gasteiger charge is -2.07. The zero-order valence-electron chi connectivity index (χ0n) is 8.53. The summed E-state index contributed by atoms with van der Waals surface area (Å²) in [6.07, 6.45) is 5.41. The minimum Gasteiger partial charge on any atom is -0.508 e. The minimum atomic E-state index is -0.255. The van der Waals surface area contributed by atoms with Gasteiger partial charge in [0.25, 0.3) is 0 Å². The maximum absolute atomic E-state index is 11.4. The number of aromatic hydroxyl groups is 1. The number of phenolic OH excluding ortho intramolecular Hbond substituents is 1. The normalized spacial score (nSPS) is 11.5. The Morgan fingerprint density at radius 2 is 2.13 bits per heavy atom. The molecule has 0 fully saturated rings. The van der Waals surface area contributed by atoms with Crippen LogP contribution in [-0.4, -0.2) is 17.1 Å². The molecule has 78 valence electrons. The molecular formula is C12H13NO2. The lowest BCUT2D eigenvalue weighted by molar-refractivity contribution is -0.120. The topological polar surface area (TPSA) is 49.3 Å². The van der Waals surface area contributed by atoms with Crippen LogP contribution in [0.3, 0.4) is 0 Å². The van der Waals surface area contributed by atoms with Crippen molar-refractivity contribution in [3.63, 3.8) is 0 Å². The molecule has 1 aromatic carbocycles. The van der Waals surface area contributed by atoms with E-state index in [2.05, 4.69) is 11.2 Å². The highest BCUT2D eigenvalue weighted by atomic mass is 16.3. The van der Waals surface area contributed by atoms with Crippen LogP contribution in [0.1, 0.15) is 12.5 Å². The van der Waals surface area contributed by atoms with Crippen LogP contribution in [-0.2, 0) is 11.2 Å². The van der Waals surface area contributed by atoms with Crippen LogP contribution in [0.2, 0.25) is 0 Å². The van der Waals surface area contributed by atoms with Crippen LogP contribution in [0, 0.1) is 12.3 Å². The maximum Gasteiger partial charge on any atom is 0.225 e. The predicted molar refractivity (Wildman–Crippen MR) is 58.2 cm³/mol. The average Bonchev–Trinajstić information content (AvgIpc) is 2.21. The Morgan fingerprint density at radius 1 is 1.53 bits per heavy atom. The number of carbonyl (C=O) groups excluding carboxylic acids is 1. The van der Waals surface area contributed by atoms with Crippen molar-refractivity contribution in [1.29, 1.82) is 0 Å². The highest BCUT2D eigenvalue weighted by molar-refractivity contribution is 5.79. The Bertz CT molecular complexity index is 376. The van der Waals surface area contributed by atoms with Gasteiger partial charge in [-0.15, -0.1) is 6.42 Å². The molecule has 0 aromatic heterocycles. The Morgan fingerprint density at radius 3 is 2.67 bits per heavy atom. The molecule has 0 aliphatic heterocycles. The van der Waals surface area contributed by atoms with Crippen LogP contribution in [0.5, 0.6) is 5.75 Å². The van der Waals surface area contributed by atoms with E-state index in [-0.39, 0.29) is 24.1 Å². The molecule has 0 bridgehead atoms. The van der Waals surface area contributed by atoms with Gasteiger partial charge in [-0.3, -0.25) is 4.79 Å². The van der Waals surface area contributed by atoms with E-state index < -0.39 is 0 Å². The average molecular weight is 203 g/mol. The van der Waals surface area contributed by atoms with E-state index in [1.165, 1.54) is 0 Å². The Kier molecular flexibility index (Phi) is 3.75. The quantitative estimate of drug-likeness (QED) is 0.722. The summed E-state index contributed by atoms with van der Waals surface area (Å²) in [6, 6.07) is 6.25. The predicted octanol–water partition coefficient (Wildman–Crippen LogP) is 1.07. The number of amides is 1. The molecule has 0 radical (unpaired) electrons. The number of hydrogen-bond donors (Lipinski definition) is 2. The molecule has 1 unspecified atom stereocenters. The second kappa shape index (κ2) is 5.06. The number of benzene rings is 1. The van der Waals surface area contributed by atoms with Crippen LogP contribution >= 0.6 is 0 Å². The van der Waals surface area contributed by atoms with Gasteiger partial charge >= 0.3 is 0 Å². The van der Waals surface area contributed by atoms with Gasteiger partial charge in [-0.1, -0.05) is 18.1 Å². The molecule has 0 saturated carbocycles. The third kappa shape index (κ3) is 3.74. The summed E-state index contributed by atoms with van der Waals surface area (Å²) in [5.74, 6) is 2.49. The molecule has 1 rings (SSSR count). The maximum atomic E-state index is 11.4. The molecule has 1 aromatic rings. The van der Waals surface area contributed by atoms with Gasteiger partial charge in [-0.2, -0.15) is 0 Å². The molecule has 1 amide bonds. The fraction of sp³-hybridized carbons (Fsp3) is 0.250. The number of hydrogen-bond acceptors (Lipinski definition) is 2. The second-order valence-electron chi connectivity index (χ2n) is 3.30. The standard InChI is InChI=1S/C12H13NO2/c1-3-9(2)13-12(15)8-10-4-6-11(14)7-5-10/h1,4-7,9,14H,8H2,2H3,(H,13,15). The Hall–Kier alpha value is -1.95. The van der Waals surface area contributed by atoms with Crippen LogP contribution < -0.4 is 5.32 Å². The number of nitrogens with one attached hydrogen (secondary N) is 1. The zero-order chi connectivity index (χ0) is 11.3. The van der Waals surface area contributed by atoms with E-state index in [4.69, 9.17) is 11.5 Å². The second-order valence-corrected chi connectivity index (χ2v) is 3.30. The van der Waals surface area contributed by atoms with Crippen LogP contribution in [0.4, 0.5) is 0 Å². The fourth-order valence-corrected chi connectivity index (χ4v) is 1.13. The van der Waals surface area contributed by atoms with E-state index in [9.17, 15) is 4.79 Å². The SMILES string of the molecule is C#CC(C)NC(=O)Cc1ccc(O)cc1. The van der Waals surface area contributed by atoms with Gasteiger partial charge < -0.3 is 10.4 Å². The van der Waals surface area contributed by atoms with E-state index >= 15 is 0 Å². The van der Waals surface area contributed by atoms with E-state index in [0.29, 0.717) is 0 Å². The largest absolute Gasteiger partial charge is 0.508 e. The van der Waals surface area contributed by atoms with Crippen molar-refractivity contribution in [1.82, 2.24) is 5.32 Å². The van der Waals surface area contributed by atoms with Crippen molar-refractivity contribution < 1.29 is 9.90 Å². The third-order valence-corrected chi connectivity index (χ3v) is 1.93. The van der Waals surface area contributed by atoms with Crippen molar-refractivity contribution in [3.8, 4) is 18.1 Å². The highest BCUT2D eigenvalue weighted by Gasteiger charge is 2.05. The first-order chi connectivity index (χ1) is 7.11. The van der Waals surface area contributed by atoms with Crippen molar-refractivity contribution in [2.75, 3.05) is 0 Å². The molecule has 3 heteroatoms. The van der Waals surface area contributed by atoms with E-state index in [1.54, 1.807) is 31.2 Å². The highest BCUT2D eigenvalue weighted by Crippen LogP contribution is 2.09. The number of terminal acetylenes is 1. The number of rotatable bonds is 3. The summed E-state index contributed by atoms with van der Waals surface area (Å²) in [5, 5.41) is 11.7. The summed E-state index contributed by atoms with van der Waals surface area (Å²) >= 11 is 0. The van der Waals surface area contributed by atoms with Gasteiger partial charge in [-0.25, -0.2) is 0 Å². The molecule has 0 aliphatic rings. The molecule has 2 N–H and O–H groups in total. The lowest BCUT2D eigenvalue weighted by atomic mass is 10.1. The van der Waals surface area contributed by atoms with Crippen molar-refractivity contribution in [3.05, 3.63) is 29.8 Å². The smallest absolute Gasteiger partial charge is 0.225 e. The summed E-state index contributed by atoms with van der Waals surface area (Å²) in [4.78, 5) is 11.4. The number of carbonyl (C=O) groups is 1. The van der Waals surface area contributed by atoms with Crippen LogP contribution in [0.15, 0.2) is 24.3 Å². The Balaban J connectivity index is 2.52. The molecule has 3 nitrogen and oxygen atoms in total. The number of phenols is 1. The monoisotopic (exact) mass is 203 g/mol.